The first-order valence-electron chi connectivity index (χ1n) is 4.84. The van der Waals surface area contributed by atoms with Crippen molar-refractivity contribution < 1.29 is 4.79 Å². The van der Waals surface area contributed by atoms with E-state index in [-0.39, 0.29) is 0 Å². The van der Waals surface area contributed by atoms with Crippen molar-refractivity contribution in [1.82, 2.24) is 4.98 Å². The fourth-order valence-electron chi connectivity index (χ4n) is 2.02. The van der Waals surface area contributed by atoms with Crippen molar-refractivity contribution in [3.63, 3.8) is 0 Å². The van der Waals surface area contributed by atoms with E-state index in [4.69, 9.17) is 0 Å². The number of fused-ring (bicyclic) bond motifs is 3. The molecule has 3 rings (SSSR count). The van der Waals surface area contributed by atoms with Gasteiger partial charge >= 0.3 is 0 Å². The van der Waals surface area contributed by atoms with Crippen LogP contribution in [-0.4, -0.2) is 11.3 Å². The smallest absolute Gasteiger partial charge is 0.152 e. The maximum Gasteiger partial charge on any atom is 0.152 e. The van der Waals surface area contributed by atoms with Gasteiger partial charge in [-0.25, -0.2) is 0 Å². The largest absolute Gasteiger partial charge is 0.360 e. The summed E-state index contributed by atoms with van der Waals surface area (Å²) in [4.78, 5) is 14.0. The molecule has 0 unspecified atom stereocenters. The van der Waals surface area contributed by atoms with E-state index in [2.05, 4.69) is 17.1 Å². The molecule has 3 aromatic rings. The van der Waals surface area contributed by atoms with Gasteiger partial charge in [-0.2, -0.15) is 0 Å². The van der Waals surface area contributed by atoms with Crippen LogP contribution >= 0.6 is 0 Å². The van der Waals surface area contributed by atoms with Gasteiger partial charge in [0.05, 0.1) is 0 Å². The molecule has 0 spiro atoms. The molecule has 15 heavy (non-hydrogen) atoms. The van der Waals surface area contributed by atoms with Gasteiger partial charge < -0.3 is 4.98 Å². The number of carbonyl (C=O) groups is 1. The molecule has 0 aliphatic carbocycles. The number of nitrogens with one attached hydrogen (secondary N) is 1. The molecule has 2 heteroatoms. The van der Waals surface area contributed by atoms with E-state index in [0.717, 1.165) is 33.5 Å². The Hall–Kier alpha value is -2.09. The number of aromatic amines is 1. The second-order valence-electron chi connectivity index (χ2n) is 3.57. The zero-order chi connectivity index (χ0) is 10.3. The lowest BCUT2D eigenvalue weighted by atomic mass is 10.0. The SMILES string of the molecule is O=Cc1c[nH]c2ccc3ccccc3c12. The van der Waals surface area contributed by atoms with Crippen LogP contribution in [0.1, 0.15) is 10.4 Å². The van der Waals surface area contributed by atoms with E-state index in [0.29, 0.717) is 0 Å². The van der Waals surface area contributed by atoms with Gasteiger partial charge in [-0.3, -0.25) is 4.79 Å². The van der Waals surface area contributed by atoms with Crippen LogP contribution < -0.4 is 0 Å². The van der Waals surface area contributed by atoms with Crippen molar-refractivity contribution in [2.75, 3.05) is 0 Å². The summed E-state index contributed by atoms with van der Waals surface area (Å²) in [5.74, 6) is 0. The summed E-state index contributed by atoms with van der Waals surface area (Å²) >= 11 is 0. The number of hydrogen-bond acceptors (Lipinski definition) is 1. The maximum atomic E-state index is 10.9. The third-order valence-corrected chi connectivity index (χ3v) is 2.73. The van der Waals surface area contributed by atoms with Crippen molar-refractivity contribution in [3.05, 3.63) is 48.2 Å². The van der Waals surface area contributed by atoms with Crippen LogP contribution in [0.25, 0.3) is 21.7 Å². The molecule has 1 aromatic heterocycles. The van der Waals surface area contributed by atoms with Crippen molar-refractivity contribution in [1.29, 1.82) is 0 Å². The minimum absolute atomic E-state index is 0.724. The monoisotopic (exact) mass is 195 g/mol. The maximum absolute atomic E-state index is 10.9. The zero-order valence-electron chi connectivity index (χ0n) is 8.03. The van der Waals surface area contributed by atoms with Crippen molar-refractivity contribution in [3.8, 4) is 0 Å². The Kier molecular flexibility index (Phi) is 1.62. The zero-order valence-corrected chi connectivity index (χ0v) is 8.03. The van der Waals surface area contributed by atoms with Crippen LogP contribution in [0.5, 0.6) is 0 Å². The summed E-state index contributed by atoms with van der Waals surface area (Å²) in [6.45, 7) is 0. The first-order valence-corrected chi connectivity index (χ1v) is 4.84. The van der Waals surface area contributed by atoms with Crippen molar-refractivity contribution >= 4 is 28.0 Å². The summed E-state index contributed by atoms with van der Waals surface area (Å²) in [6.07, 6.45) is 2.65. The number of benzene rings is 2. The fraction of sp³-hybridized carbons (Fsp3) is 0. The Morgan fingerprint density at radius 2 is 1.93 bits per heavy atom. The highest BCUT2D eigenvalue weighted by Crippen LogP contribution is 2.26. The van der Waals surface area contributed by atoms with Gasteiger partial charge in [0.1, 0.15) is 0 Å². The molecular weight excluding hydrogens is 186 g/mol. The summed E-state index contributed by atoms with van der Waals surface area (Å²) in [6, 6.07) is 12.1. The Balaban J connectivity index is 2.61. The minimum Gasteiger partial charge on any atom is -0.360 e. The number of aldehydes is 1. The number of carbonyl (C=O) groups excluding carboxylic acids is 1. The first kappa shape index (κ1) is 8.24. The molecule has 2 nitrogen and oxygen atoms in total. The molecule has 0 atom stereocenters. The van der Waals surface area contributed by atoms with Gasteiger partial charge in [-0.1, -0.05) is 30.3 Å². The standard InChI is InChI=1S/C13H9NO/c15-8-10-7-14-12-6-5-9-3-1-2-4-11(9)13(10)12/h1-8,14H. The van der Waals surface area contributed by atoms with Crippen LogP contribution in [0.2, 0.25) is 0 Å². The van der Waals surface area contributed by atoms with E-state index < -0.39 is 0 Å². The molecule has 0 radical (unpaired) electrons. The Bertz CT molecular complexity index is 652. The lowest BCUT2D eigenvalue weighted by Gasteiger charge is -1.99. The topological polar surface area (TPSA) is 32.9 Å². The molecule has 0 bridgehead atoms. The highest BCUT2D eigenvalue weighted by Gasteiger charge is 2.05. The lowest BCUT2D eigenvalue weighted by Crippen LogP contribution is -1.78. The normalized spacial score (nSPS) is 10.9. The van der Waals surface area contributed by atoms with Crippen LogP contribution in [0.4, 0.5) is 0 Å². The molecule has 0 saturated carbocycles. The average Bonchev–Trinajstić information content (AvgIpc) is 2.72. The minimum atomic E-state index is 0.724. The van der Waals surface area contributed by atoms with Crippen molar-refractivity contribution in [2.45, 2.75) is 0 Å². The van der Waals surface area contributed by atoms with Gasteiger partial charge in [-0.05, 0) is 16.8 Å². The molecular formula is C13H9NO. The van der Waals surface area contributed by atoms with E-state index in [1.165, 1.54) is 0 Å². The molecule has 0 aliphatic rings. The summed E-state index contributed by atoms with van der Waals surface area (Å²) in [5, 5.41) is 3.30. The summed E-state index contributed by atoms with van der Waals surface area (Å²) < 4.78 is 0. The molecule has 0 saturated heterocycles. The van der Waals surface area contributed by atoms with E-state index in [1.807, 2.05) is 24.3 Å². The van der Waals surface area contributed by atoms with Crippen LogP contribution in [0.15, 0.2) is 42.6 Å². The summed E-state index contributed by atoms with van der Waals surface area (Å²) in [7, 11) is 0. The molecule has 72 valence electrons. The number of H-pyrrole nitrogens is 1. The van der Waals surface area contributed by atoms with Gasteiger partial charge in [0.15, 0.2) is 6.29 Å². The van der Waals surface area contributed by atoms with Crippen LogP contribution in [-0.2, 0) is 0 Å². The van der Waals surface area contributed by atoms with Crippen LogP contribution in [0.3, 0.4) is 0 Å². The second-order valence-corrected chi connectivity index (χ2v) is 3.57. The predicted octanol–water partition coefficient (Wildman–Crippen LogP) is 3.13. The average molecular weight is 195 g/mol. The van der Waals surface area contributed by atoms with Crippen molar-refractivity contribution in [2.24, 2.45) is 0 Å². The molecule has 1 N–H and O–H groups in total. The highest BCUT2D eigenvalue weighted by molar-refractivity contribution is 6.13. The second kappa shape index (κ2) is 2.95. The lowest BCUT2D eigenvalue weighted by molar-refractivity contribution is 0.112. The number of hydrogen-bond donors (Lipinski definition) is 1. The third-order valence-electron chi connectivity index (χ3n) is 2.73. The Morgan fingerprint density at radius 1 is 1.07 bits per heavy atom. The fourth-order valence-corrected chi connectivity index (χ4v) is 2.02. The van der Waals surface area contributed by atoms with Gasteiger partial charge in [-0.15, -0.1) is 0 Å². The molecule has 2 aromatic carbocycles. The van der Waals surface area contributed by atoms with E-state index in [1.54, 1.807) is 6.20 Å². The highest BCUT2D eigenvalue weighted by atomic mass is 16.1. The summed E-state index contributed by atoms with van der Waals surface area (Å²) in [5.41, 5.74) is 1.73. The molecule has 0 fully saturated rings. The van der Waals surface area contributed by atoms with E-state index >= 15 is 0 Å². The van der Waals surface area contributed by atoms with Gasteiger partial charge in [0, 0.05) is 22.7 Å². The van der Waals surface area contributed by atoms with Gasteiger partial charge in [0.25, 0.3) is 0 Å². The molecule has 0 aliphatic heterocycles. The first-order chi connectivity index (χ1) is 7.40. The molecule has 1 heterocycles. The third kappa shape index (κ3) is 1.08. The number of aromatic nitrogens is 1. The number of rotatable bonds is 1. The Labute approximate surface area is 86.5 Å². The quantitative estimate of drug-likeness (QED) is 0.594. The predicted molar refractivity (Wildman–Crippen MR) is 61.2 cm³/mol. The Morgan fingerprint density at radius 3 is 2.80 bits per heavy atom. The molecule has 0 amide bonds. The van der Waals surface area contributed by atoms with Crippen LogP contribution in [0, 0.1) is 0 Å². The van der Waals surface area contributed by atoms with Gasteiger partial charge in [0.2, 0.25) is 0 Å². The van der Waals surface area contributed by atoms with E-state index in [9.17, 15) is 4.79 Å².